The van der Waals surface area contributed by atoms with Crippen LogP contribution in [0.3, 0.4) is 0 Å². The molecule has 0 radical (unpaired) electrons. The molecule has 114 valence electrons. The Hall–Kier alpha value is -0.0800. The molecule has 1 aliphatic heterocycles. The van der Waals surface area contributed by atoms with Crippen LogP contribution in [0.25, 0.3) is 0 Å². The minimum atomic E-state index is 0.984. The summed E-state index contributed by atoms with van der Waals surface area (Å²) in [7, 11) is 2.07. The van der Waals surface area contributed by atoms with Crippen LogP contribution >= 0.6 is 0 Å². The SMILES string of the molecule is CCCCCCCCCN1CCC(CCNC)CC1. The molecule has 2 heteroatoms. The molecule has 0 aromatic carbocycles. The normalized spacial score (nSPS) is 18.0. The highest BCUT2D eigenvalue weighted by Gasteiger charge is 2.17. The lowest BCUT2D eigenvalue weighted by molar-refractivity contribution is 0.176. The second-order valence-electron chi connectivity index (χ2n) is 6.30. The molecule has 1 saturated heterocycles. The van der Waals surface area contributed by atoms with Crippen LogP contribution < -0.4 is 5.32 Å². The fourth-order valence-electron chi connectivity index (χ4n) is 3.14. The van der Waals surface area contributed by atoms with Crippen LogP contribution in [0.5, 0.6) is 0 Å². The van der Waals surface area contributed by atoms with Gasteiger partial charge in [-0.3, -0.25) is 0 Å². The summed E-state index contributed by atoms with van der Waals surface area (Å²) in [5.74, 6) is 0.984. The molecule has 1 fully saturated rings. The molecule has 2 nitrogen and oxygen atoms in total. The van der Waals surface area contributed by atoms with Gasteiger partial charge in [0.05, 0.1) is 0 Å². The third-order valence-corrected chi connectivity index (χ3v) is 4.59. The van der Waals surface area contributed by atoms with Gasteiger partial charge in [-0.25, -0.2) is 0 Å². The zero-order valence-electron chi connectivity index (χ0n) is 13.4. The van der Waals surface area contributed by atoms with Gasteiger partial charge in [-0.15, -0.1) is 0 Å². The first-order valence-electron chi connectivity index (χ1n) is 8.73. The van der Waals surface area contributed by atoms with Gasteiger partial charge in [0.25, 0.3) is 0 Å². The Morgan fingerprint density at radius 2 is 1.58 bits per heavy atom. The van der Waals surface area contributed by atoms with Crippen LogP contribution in [0.15, 0.2) is 0 Å². The number of hydrogen-bond acceptors (Lipinski definition) is 2. The molecular formula is C17H36N2. The number of hydrogen-bond donors (Lipinski definition) is 1. The van der Waals surface area contributed by atoms with Crippen molar-refractivity contribution in [1.29, 1.82) is 0 Å². The molecule has 0 unspecified atom stereocenters. The number of unbranched alkanes of at least 4 members (excludes halogenated alkanes) is 6. The maximum absolute atomic E-state index is 3.28. The molecule has 0 atom stereocenters. The number of nitrogens with zero attached hydrogens (tertiary/aromatic N) is 1. The van der Waals surface area contributed by atoms with Gasteiger partial charge in [0.15, 0.2) is 0 Å². The van der Waals surface area contributed by atoms with Gasteiger partial charge in [-0.2, -0.15) is 0 Å². The Bertz CT molecular complexity index is 186. The summed E-state index contributed by atoms with van der Waals surface area (Å²) < 4.78 is 0. The quantitative estimate of drug-likeness (QED) is 0.569. The second-order valence-corrected chi connectivity index (χ2v) is 6.30. The molecule has 1 rings (SSSR count). The molecule has 0 spiro atoms. The Balaban J connectivity index is 1.89. The minimum Gasteiger partial charge on any atom is -0.320 e. The van der Waals surface area contributed by atoms with Gasteiger partial charge >= 0.3 is 0 Å². The third kappa shape index (κ3) is 8.65. The van der Waals surface area contributed by atoms with Gasteiger partial charge in [0.1, 0.15) is 0 Å². The predicted molar refractivity (Wildman–Crippen MR) is 85.7 cm³/mol. The van der Waals surface area contributed by atoms with E-state index < -0.39 is 0 Å². The zero-order chi connectivity index (χ0) is 13.8. The van der Waals surface area contributed by atoms with Crippen molar-refractivity contribution in [2.45, 2.75) is 71.1 Å². The third-order valence-electron chi connectivity index (χ3n) is 4.59. The first-order chi connectivity index (χ1) is 9.36. The molecule has 1 heterocycles. The molecule has 0 bridgehead atoms. The molecular weight excluding hydrogens is 232 g/mol. The van der Waals surface area contributed by atoms with E-state index in [0.29, 0.717) is 0 Å². The van der Waals surface area contributed by atoms with Crippen LogP contribution in [-0.4, -0.2) is 38.1 Å². The maximum Gasteiger partial charge on any atom is -0.00161 e. The summed E-state index contributed by atoms with van der Waals surface area (Å²) in [6.07, 6.45) is 14.3. The molecule has 0 amide bonds. The van der Waals surface area contributed by atoms with Gasteiger partial charge in [-0.1, -0.05) is 45.4 Å². The van der Waals surface area contributed by atoms with Gasteiger partial charge in [0, 0.05) is 0 Å². The van der Waals surface area contributed by atoms with Crippen molar-refractivity contribution in [3.05, 3.63) is 0 Å². The van der Waals surface area contributed by atoms with Crippen molar-refractivity contribution in [2.75, 3.05) is 33.2 Å². The highest BCUT2D eigenvalue weighted by atomic mass is 15.1. The monoisotopic (exact) mass is 268 g/mol. The lowest BCUT2D eigenvalue weighted by Gasteiger charge is -2.32. The van der Waals surface area contributed by atoms with Crippen LogP contribution in [0.4, 0.5) is 0 Å². The average molecular weight is 268 g/mol. The highest BCUT2D eigenvalue weighted by Crippen LogP contribution is 2.20. The van der Waals surface area contributed by atoms with Crippen molar-refractivity contribution in [1.82, 2.24) is 10.2 Å². The Kier molecular flexibility index (Phi) is 10.5. The van der Waals surface area contributed by atoms with E-state index >= 15 is 0 Å². The van der Waals surface area contributed by atoms with E-state index in [9.17, 15) is 0 Å². The van der Waals surface area contributed by atoms with Crippen molar-refractivity contribution < 1.29 is 0 Å². The summed E-state index contributed by atoms with van der Waals surface area (Å²) in [4.78, 5) is 2.70. The van der Waals surface area contributed by atoms with Gasteiger partial charge in [-0.05, 0) is 64.8 Å². The predicted octanol–water partition coefficient (Wildman–Crippen LogP) is 4.06. The standard InChI is InChI=1S/C17H36N2/c1-3-4-5-6-7-8-9-14-19-15-11-17(12-16-19)10-13-18-2/h17-18H,3-16H2,1-2H3. The molecule has 19 heavy (non-hydrogen) atoms. The van der Waals surface area contributed by atoms with Crippen molar-refractivity contribution >= 4 is 0 Å². The minimum absolute atomic E-state index is 0.984. The largest absolute Gasteiger partial charge is 0.320 e. The molecule has 0 aliphatic carbocycles. The van der Waals surface area contributed by atoms with E-state index in [-0.39, 0.29) is 0 Å². The second kappa shape index (κ2) is 11.7. The summed E-state index contributed by atoms with van der Waals surface area (Å²) in [5.41, 5.74) is 0. The van der Waals surface area contributed by atoms with Crippen LogP contribution in [0.2, 0.25) is 0 Å². The lowest BCUT2D eigenvalue weighted by Crippen LogP contribution is -2.35. The highest BCUT2D eigenvalue weighted by molar-refractivity contribution is 4.72. The molecule has 0 aromatic rings. The number of rotatable bonds is 11. The number of nitrogens with one attached hydrogen (secondary N) is 1. The first-order valence-corrected chi connectivity index (χ1v) is 8.73. The summed E-state index contributed by atoms with van der Waals surface area (Å²) in [6.45, 7) is 7.55. The van der Waals surface area contributed by atoms with E-state index in [2.05, 4.69) is 24.2 Å². The molecule has 1 N–H and O–H groups in total. The topological polar surface area (TPSA) is 15.3 Å². The fraction of sp³-hybridized carbons (Fsp3) is 1.00. The van der Waals surface area contributed by atoms with Crippen molar-refractivity contribution in [3.8, 4) is 0 Å². The van der Waals surface area contributed by atoms with Gasteiger partial charge < -0.3 is 10.2 Å². The summed E-state index contributed by atoms with van der Waals surface area (Å²) in [5, 5.41) is 3.28. The Morgan fingerprint density at radius 1 is 0.947 bits per heavy atom. The fourth-order valence-corrected chi connectivity index (χ4v) is 3.14. The smallest absolute Gasteiger partial charge is 0.00161 e. The lowest BCUT2D eigenvalue weighted by atomic mass is 9.93. The van der Waals surface area contributed by atoms with E-state index in [1.165, 1.54) is 90.4 Å². The number of piperidine rings is 1. The van der Waals surface area contributed by atoms with Crippen LogP contribution in [-0.2, 0) is 0 Å². The maximum atomic E-state index is 3.28. The average Bonchev–Trinajstić information content (AvgIpc) is 2.45. The summed E-state index contributed by atoms with van der Waals surface area (Å²) in [6, 6.07) is 0. The Labute approximate surface area is 121 Å². The van der Waals surface area contributed by atoms with Crippen LogP contribution in [0.1, 0.15) is 71.1 Å². The van der Waals surface area contributed by atoms with E-state index in [4.69, 9.17) is 0 Å². The van der Waals surface area contributed by atoms with Gasteiger partial charge in [0.2, 0.25) is 0 Å². The van der Waals surface area contributed by atoms with E-state index in [1.54, 1.807) is 0 Å². The van der Waals surface area contributed by atoms with Crippen molar-refractivity contribution in [3.63, 3.8) is 0 Å². The molecule has 0 saturated carbocycles. The first kappa shape index (κ1) is 17.0. The van der Waals surface area contributed by atoms with E-state index in [0.717, 1.165) is 5.92 Å². The molecule has 1 aliphatic rings. The zero-order valence-corrected chi connectivity index (χ0v) is 13.4. The van der Waals surface area contributed by atoms with Crippen LogP contribution in [0, 0.1) is 5.92 Å². The summed E-state index contributed by atoms with van der Waals surface area (Å²) >= 11 is 0. The molecule has 0 aromatic heterocycles. The van der Waals surface area contributed by atoms with Crippen molar-refractivity contribution in [2.24, 2.45) is 5.92 Å². The number of likely N-dealkylation sites (tertiary alicyclic amines) is 1. The van der Waals surface area contributed by atoms with E-state index in [1.807, 2.05) is 0 Å². The Morgan fingerprint density at radius 3 is 2.21 bits per heavy atom.